The summed E-state index contributed by atoms with van der Waals surface area (Å²) in [6, 6.07) is 1.63. The largest absolute Gasteiger partial charge is 0.341 e. The average molecular weight is 191 g/mol. The number of carbonyl (C=O) groups is 1. The third-order valence-electron chi connectivity index (χ3n) is 2.42. The summed E-state index contributed by atoms with van der Waals surface area (Å²) in [6.07, 6.45) is 6.06. The normalized spacial score (nSPS) is 16.7. The number of aldehydes is 1. The molecule has 4 nitrogen and oxygen atoms in total. The van der Waals surface area contributed by atoms with Crippen molar-refractivity contribution in [2.45, 2.75) is 19.3 Å². The summed E-state index contributed by atoms with van der Waals surface area (Å²) in [5.74, 6) is 0.689. The molecule has 2 rings (SSSR count). The monoisotopic (exact) mass is 191 g/mol. The van der Waals surface area contributed by atoms with Gasteiger partial charge >= 0.3 is 0 Å². The SMILES string of the molecule is O=Cc1ccnc(N2CCCCC2)n1. The van der Waals surface area contributed by atoms with Gasteiger partial charge in [0.15, 0.2) is 6.29 Å². The summed E-state index contributed by atoms with van der Waals surface area (Å²) >= 11 is 0. The van der Waals surface area contributed by atoms with Crippen LogP contribution in [0.5, 0.6) is 0 Å². The van der Waals surface area contributed by atoms with Crippen LogP contribution in [0.25, 0.3) is 0 Å². The molecule has 0 saturated carbocycles. The Labute approximate surface area is 83.0 Å². The number of nitrogens with zero attached hydrogens (tertiary/aromatic N) is 3. The molecule has 1 aromatic heterocycles. The highest BCUT2D eigenvalue weighted by Gasteiger charge is 2.13. The third-order valence-corrected chi connectivity index (χ3v) is 2.42. The zero-order valence-electron chi connectivity index (χ0n) is 8.02. The van der Waals surface area contributed by atoms with E-state index in [1.807, 2.05) is 0 Å². The lowest BCUT2D eigenvalue weighted by atomic mass is 10.1. The Morgan fingerprint density at radius 3 is 2.79 bits per heavy atom. The van der Waals surface area contributed by atoms with Gasteiger partial charge in [-0.2, -0.15) is 0 Å². The second-order valence-corrected chi connectivity index (χ2v) is 3.45. The lowest BCUT2D eigenvalue weighted by Gasteiger charge is -2.26. The Bertz CT molecular complexity index is 321. The third kappa shape index (κ3) is 1.89. The second kappa shape index (κ2) is 4.17. The first-order valence-corrected chi connectivity index (χ1v) is 4.93. The fourth-order valence-electron chi connectivity index (χ4n) is 1.67. The van der Waals surface area contributed by atoms with Gasteiger partial charge in [-0.25, -0.2) is 9.97 Å². The zero-order valence-corrected chi connectivity index (χ0v) is 8.02. The summed E-state index contributed by atoms with van der Waals surface area (Å²) < 4.78 is 0. The van der Waals surface area contributed by atoms with Gasteiger partial charge in [0.05, 0.1) is 0 Å². The molecule has 0 N–H and O–H groups in total. The van der Waals surface area contributed by atoms with Crippen molar-refractivity contribution in [1.29, 1.82) is 0 Å². The van der Waals surface area contributed by atoms with E-state index in [4.69, 9.17) is 0 Å². The van der Waals surface area contributed by atoms with E-state index in [9.17, 15) is 4.79 Å². The molecule has 2 heterocycles. The van der Waals surface area contributed by atoms with Crippen LogP contribution in [-0.2, 0) is 0 Å². The van der Waals surface area contributed by atoms with E-state index in [1.165, 1.54) is 19.3 Å². The van der Waals surface area contributed by atoms with Crippen molar-refractivity contribution in [3.8, 4) is 0 Å². The number of anilines is 1. The van der Waals surface area contributed by atoms with Crippen LogP contribution in [0, 0.1) is 0 Å². The lowest BCUT2D eigenvalue weighted by Crippen LogP contribution is -2.31. The van der Waals surface area contributed by atoms with E-state index in [1.54, 1.807) is 12.3 Å². The van der Waals surface area contributed by atoms with Gasteiger partial charge in [0, 0.05) is 19.3 Å². The number of aromatic nitrogens is 2. The Morgan fingerprint density at radius 1 is 1.29 bits per heavy atom. The highest BCUT2D eigenvalue weighted by atomic mass is 16.1. The molecule has 1 fully saturated rings. The smallest absolute Gasteiger partial charge is 0.225 e. The average Bonchev–Trinajstić information content (AvgIpc) is 2.30. The molecular formula is C10H13N3O. The highest BCUT2D eigenvalue weighted by Crippen LogP contribution is 2.14. The molecular weight excluding hydrogens is 178 g/mol. The maximum Gasteiger partial charge on any atom is 0.225 e. The molecule has 0 spiro atoms. The molecule has 1 saturated heterocycles. The molecule has 0 bridgehead atoms. The molecule has 1 aromatic rings. The molecule has 0 radical (unpaired) electrons. The topological polar surface area (TPSA) is 46.1 Å². The first-order valence-electron chi connectivity index (χ1n) is 4.93. The minimum Gasteiger partial charge on any atom is -0.341 e. The highest BCUT2D eigenvalue weighted by molar-refractivity contribution is 5.71. The van der Waals surface area contributed by atoms with Crippen molar-refractivity contribution in [1.82, 2.24) is 9.97 Å². The van der Waals surface area contributed by atoms with E-state index >= 15 is 0 Å². The van der Waals surface area contributed by atoms with Gasteiger partial charge in [-0.3, -0.25) is 4.79 Å². The summed E-state index contributed by atoms with van der Waals surface area (Å²) in [4.78, 5) is 21.0. The maximum absolute atomic E-state index is 10.5. The van der Waals surface area contributed by atoms with Gasteiger partial charge in [-0.15, -0.1) is 0 Å². The Balaban J connectivity index is 2.17. The molecule has 14 heavy (non-hydrogen) atoms. The van der Waals surface area contributed by atoms with Crippen LogP contribution in [0.1, 0.15) is 29.8 Å². The van der Waals surface area contributed by atoms with Gasteiger partial charge < -0.3 is 4.90 Å². The predicted molar refractivity (Wildman–Crippen MR) is 53.5 cm³/mol. The van der Waals surface area contributed by atoms with Crippen LogP contribution < -0.4 is 4.90 Å². The van der Waals surface area contributed by atoms with E-state index in [2.05, 4.69) is 14.9 Å². The van der Waals surface area contributed by atoms with Crippen molar-refractivity contribution < 1.29 is 4.79 Å². The van der Waals surface area contributed by atoms with Crippen molar-refractivity contribution in [2.24, 2.45) is 0 Å². The molecule has 0 atom stereocenters. The van der Waals surface area contributed by atoms with Gasteiger partial charge in [0.25, 0.3) is 0 Å². The van der Waals surface area contributed by atoms with Crippen LogP contribution >= 0.6 is 0 Å². The Hall–Kier alpha value is -1.45. The number of carbonyl (C=O) groups excluding carboxylic acids is 1. The molecule has 1 aliphatic heterocycles. The van der Waals surface area contributed by atoms with E-state index in [0.29, 0.717) is 11.6 Å². The van der Waals surface area contributed by atoms with Gasteiger partial charge in [-0.1, -0.05) is 0 Å². The number of hydrogen-bond donors (Lipinski definition) is 0. The Morgan fingerprint density at radius 2 is 2.07 bits per heavy atom. The molecule has 4 heteroatoms. The minimum absolute atomic E-state index is 0.459. The van der Waals surface area contributed by atoms with Crippen molar-refractivity contribution in [2.75, 3.05) is 18.0 Å². The summed E-state index contributed by atoms with van der Waals surface area (Å²) in [5, 5.41) is 0. The fraction of sp³-hybridized carbons (Fsp3) is 0.500. The van der Waals surface area contributed by atoms with Crippen molar-refractivity contribution in [3.05, 3.63) is 18.0 Å². The minimum atomic E-state index is 0.459. The standard InChI is InChI=1S/C10H13N3O/c14-8-9-4-5-11-10(12-9)13-6-2-1-3-7-13/h4-5,8H,1-3,6-7H2. The summed E-state index contributed by atoms with van der Waals surface area (Å²) in [6.45, 7) is 2.00. The van der Waals surface area contributed by atoms with Crippen LogP contribution in [0.3, 0.4) is 0 Å². The molecule has 0 unspecified atom stereocenters. The molecule has 0 aromatic carbocycles. The van der Waals surface area contributed by atoms with E-state index in [-0.39, 0.29) is 0 Å². The first kappa shape index (κ1) is 9.12. The fourth-order valence-corrected chi connectivity index (χ4v) is 1.67. The van der Waals surface area contributed by atoms with Crippen molar-refractivity contribution in [3.63, 3.8) is 0 Å². The molecule has 0 aliphatic carbocycles. The van der Waals surface area contributed by atoms with Crippen LogP contribution in [0.15, 0.2) is 12.3 Å². The van der Waals surface area contributed by atoms with Crippen LogP contribution in [0.2, 0.25) is 0 Å². The Kier molecular flexibility index (Phi) is 2.72. The molecule has 1 aliphatic rings. The van der Waals surface area contributed by atoms with Crippen LogP contribution in [0.4, 0.5) is 5.95 Å². The van der Waals surface area contributed by atoms with Gasteiger partial charge in [0.2, 0.25) is 5.95 Å². The first-order chi connectivity index (χ1) is 6.90. The predicted octanol–water partition coefficient (Wildman–Crippen LogP) is 1.28. The van der Waals surface area contributed by atoms with Crippen LogP contribution in [-0.4, -0.2) is 29.3 Å². The van der Waals surface area contributed by atoms with E-state index < -0.39 is 0 Å². The molecule has 0 amide bonds. The quantitative estimate of drug-likeness (QED) is 0.660. The summed E-state index contributed by atoms with van der Waals surface area (Å²) in [5.41, 5.74) is 0.459. The number of hydrogen-bond acceptors (Lipinski definition) is 4. The van der Waals surface area contributed by atoms with E-state index in [0.717, 1.165) is 19.4 Å². The van der Waals surface area contributed by atoms with Gasteiger partial charge in [-0.05, 0) is 25.3 Å². The summed E-state index contributed by atoms with van der Waals surface area (Å²) in [7, 11) is 0. The second-order valence-electron chi connectivity index (χ2n) is 3.45. The molecule has 74 valence electrons. The van der Waals surface area contributed by atoms with Gasteiger partial charge in [0.1, 0.15) is 5.69 Å². The van der Waals surface area contributed by atoms with Crippen molar-refractivity contribution >= 4 is 12.2 Å². The number of rotatable bonds is 2. The maximum atomic E-state index is 10.5. The zero-order chi connectivity index (χ0) is 9.80. The lowest BCUT2D eigenvalue weighted by molar-refractivity contribution is 0.111. The number of piperidine rings is 1.